The lowest BCUT2D eigenvalue weighted by molar-refractivity contribution is 0.252. The number of anilines is 1. The van der Waals surface area contributed by atoms with Crippen LogP contribution in [0.15, 0.2) is 69.5 Å². The Bertz CT molecular complexity index is 769. The summed E-state index contributed by atoms with van der Waals surface area (Å²) >= 11 is 7.74. The van der Waals surface area contributed by atoms with E-state index in [0.717, 1.165) is 11.4 Å². The lowest BCUT2D eigenvalue weighted by atomic mass is 10.3. The molecule has 1 aromatic carbocycles. The fraction of sp³-hybridized carbons (Fsp3) is 0.167. The van der Waals surface area contributed by atoms with E-state index < -0.39 is 5.76 Å². The van der Waals surface area contributed by atoms with Crippen molar-refractivity contribution in [2.45, 2.75) is 23.7 Å². The summed E-state index contributed by atoms with van der Waals surface area (Å²) in [6.45, 7) is 1.19. The SMILES string of the molecule is FC(F)Sc1ccc(NC(=S)N(Cc2ccco2)Cc2cccs2)cc1. The molecule has 3 aromatic rings. The summed E-state index contributed by atoms with van der Waals surface area (Å²) in [4.78, 5) is 3.70. The van der Waals surface area contributed by atoms with E-state index in [-0.39, 0.29) is 0 Å². The van der Waals surface area contributed by atoms with Crippen LogP contribution >= 0.6 is 35.3 Å². The molecule has 3 nitrogen and oxygen atoms in total. The van der Waals surface area contributed by atoms with Gasteiger partial charge in [0.2, 0.25) is 0 Å². The topological polar surface area (TPSA) is 28.4 Å². The van der Waals surface area contributed by atoms with Crippen LogP contribution in [0.4, 0.5) is 14.5 Å². The van der Waals surface area contributed by atoms with Crippen LogP contribution in [0.1, 0.15) is 10.6 Å². The molecule has 26 heavy (non-hydrogen) atoms. The number of nitrogens with one attached hydrogen (secondary N) is 1. The number of hydrogen-bond donors (Lipinski definition) is 1. The summed E-state index contributed by atoms with van der Waals surface area (Å²) in [5.41, 5.74) is 0.754. The van der Waals surface area contributed by atoms with Crippen LogP contribution in [0.3, 0.4) is 0 Å². The van der Waals surface area contributed by atoms with Gasteiger partial charge in [-0.15, -0.1) is 11.3 Å². The Labute approximate surface area is 164 Å². The predicted molar refractivity (Wildman–Crippen MR) is 107 cm³/mol. The third kappa shape index (κ3) is 5.55. The zero-order valence-corrected chi connectivity index (χ0v) is 16.1. The Hall–Kier alpha value is -1.90. The number of halogens is 2. The van der Waals surface area contributed by atoms with Gasteiger partial charge < -0.3 is 14.6 Å². The minimum Gasteiger partial charge on any atom is -0.467 e. The summed E-state index contributed by atoms with van der Waals surface area (Å²) < 4.78 is 30.3. The fourth-order valence-electron chi connectivity index (χ4n) is 2.30. The minimum absolute atomic E-state index is 0.516. The zero-order chi connectivity index (χ0) is 18.4. The number of thiocarbonyl (C=S) groups is 1. The third-order valence-corrected chi connectivity index (χ3v) is 5.42. The first kappa shape index (κ1) is 18.9. The molecule has 0 radical (unpaired) electrons. The van der Waals surface area contributed by atoms with Crippen molar-refractivity contribution in [3.8, 4) is 0 Å². The maximum atomic E-state index is 12.4. The zero-order valence-electron chi connectivity index (χ0n) is 13.6. The Morgan fingerprint density at radius 3 is 2.58 bits per heavy atom. The summed E-state index contributed by atoms with van der Waals surface area (Å²) in [6, 6.07) is 14.6. The van der Waals surface area contributed by atoms with Crippen molar-refractivity contribution in [1.29, 1.82) is 0 Å². The smallest absolute Gasteiger partial charge is 0.288 e. The van der Waals surface area contributed by atoms with Gasteiger partial charge in [0.05, 0.1) is 19.4 Å². The molecule has 2 heterocycles. The van der Waals surface area contributed by atoms with Crippen molar-refractivity contribution in [3.63, 3.8) is 0 Å². The van der Waals surface area contributed by atoms with Gasteiger partial charge in [0.15, 0.2) is 5.11 Å². The molecule has 2 aromatic heterocycles. The molecule has 0 bridgehead atoms. The van der Waals surface area contributed by atoms with E-state index >= 15 is 0 Å². The largest absolute Gasteiger partial charge is 0.467 e. The molecule has 3 rings (SSSR count). The lowest BCUT2D eigenvalue weighted by Gasteiger charge is -2.24. The second kappa shape index (κ2) is 9.16. The Morgan fingerprint density at radius 2 is 1.96 bits per heavy atom. The standard InChI is InChI=1S/C18H16F2N2OS3/c19-17(20)26-15-7-5-13(6-8-15)21-18(24)22(11-14-3-1-9-23-14)12-16-4-2-10-25-16/h1-10,17H,11-12H2,(H,21,24). The molecule has 0 saturated carbocycles. The normalized spacial score (nSPS) is 10.9. The highest BCUT2D eigenvalue weighted by atomic mass is 32.2. The Balaban J connectivity index is 1.68. The number of alkyl halides is 2. The third-order valence-electron chi connectivity index (χ3n) is 3.47. The van der Waals surface area contributed by atoms with Gasteiger partial charge in [-0.25, -0.2) is 0 Å². The van der Waals surface area contributed by atoms with E-state index in [0.29, 0.717) is 34.9 Å². The molecule has 0 unspecified atom stereocenters. The van der Waals surface area contributed by atoms with Crippen LogP contribution < -0.4 is 5.32 Å². The molecule has 0 aliphatic rings. The van der Waals surface area contributed by atoms with Crippen molar-refractivity contribution in [2.75, 3.05) is 5.32 Å². The summed E-state index contributed by atoms with van der Waals surface area (Å²) in [5, 5.41) is 5.74. The number of rotatable bonds is 7. The number of benzene rings is 1. The average Bonchev–Trinajstić information content (AvgIpc) is 3.29. The molecular weight excluding hydrogens is 394 g/mol. The molecular formula is C18H16F2N2OS3. The minimum atomic E-state index is -2.43. The van der Waals surface area contributed by atoms with Crippen LogP contribution in [-0.2, 0) is 13.1 Å². The second-order valence-electron chi connectivity index (χ2n) is 5.35. The van der Waals surface area contributed by atoms with Gasteiger partial charge >= 0.3 is 0 Å². The van der Waals surface area contributed by atoms with Crippen molar-refractivity contribution in [1.82, 2.24) is 4.90 Å². The lowest BCUT2D eigenvalue weighted by Crippen LogP contribution is -2.33. The molecule has 136 valence electrons. The molecule has 0 amide bonds. The van der Waals surface area contributed by atoms with E-state index in [1.54, 1.807) is 41.9 Å². The van der Waals surface area contributed by atoms with Gasteiger partial charge in [-0.2, -0.15) is 8.78 Å². The van der Waals surface area contributed by atoms with E-state index in [1.807, 2.05) is 28.5 Å². The molecule has 0 saturated heterocycles. The first-order valence-electron chi connectivity index (χ1n) is 7.76. The van der Waals surface area contributed by atoms with Crippen molar-refractivity contribution < 1.29 is 13.2 Å². The summed E-state index contributed by atoms with van der Waals surface area (Å²) in [5.74, 6) is -1.61. The van der Waals surface area contributed by atoms with Crippen LogP contribution in [0.25, 0.3) is 0 Å². The van der Waals surface area contributed by atoms with Gasteiger partial charge in [-0.1, -0.05) is 17.8 Å². The summed E-state index contributed by atoms with van der Waals surface area (Å²) in [7, 11) is 0. The number of nitrogens with zero attached hydrogens (tertiary/aromatic N) is 1. The van der Waals surface area contributed by atoms with Crippen LogP contribution in [0.2, 0.25) is 0 Å². The fourth-order valence-corrected chi connectivity index (χ4v) is 3.77. The maximum Gasteiger partial charge on any atom is 0.288 e. The predicted octanol–water partition coefficient (Wildman–Crippen LogP) is 6.06. The van der Waals surface area contributed by atoms with E-state index in [1.165, 1.54) is 4.88 Å². The van der Waals surface area contributed by atoms with Crippen molar-refractivity contribution in [2.24, 2.45) is 0 Å². The van der Waals surface area contributed by atoms with Gasteiger partial charge in [0.25, 0.3) is 5.76 Å². The molecule has 0 aliphatic heterocycles. The average molecular weight is 411 g/mol. The highest BCUT2D eigenvalue weighted by molar-refractivity contribution is 7.99. The number of furan rings is 1. The Morgan fingerprint density at radius 1 is 1.15 bits per heavy atom. The van der Waals surface area contributed by atoms with E-state index in [4.69, 9.17) is 16.6 Å². The van der Waals surface area contributed by atoms with Crippen LogP contribution in [-0.4, -0.2) is 15.8 Å². The quantitative estimate of drug-likeness (QED) is 0.378. The van der Waals surface area contributed by atoms with E-state index in [9.17, 15) is 8.78 Å². The Kier molecular flexibility index (Phi) is 6.65. The van der Waals surface area contributed by atoms with Crippen molar-refractivity contribution in [3.05, 3.63) is 70.8 Å². The monoisotopic (exact) mass is 410 g/mol. The first-order valence-corrected chi connectivity index (χ1v) is 9.92. The van der Waals surface area contributed by atoms with E-state index in [2.05, 4.69) is 11.4 Å². The first-order chi connectivity index (χ1) is 12.6. The molecule has 8 heteroatoms. The molecule has 0 fully saturated rings. The highest BCUT2D eigenvalue weighted by Gasteiger charge is 2.14. The molecule has 0 atom stereocenters. The van der Waals surface area contributed by atoms with Gasteiger partial charge in [0.1, 0.15) is 5.76 Å². The molecule has 0 spiro atoms. The van der Waals surface area contributed by atoms with Gasteiger partial charge in [-0.05, 0) is 60.1 Å². The number of thioether (sulfide) groups is 1. The molecule has 0 aliphatic carbocycles. The second-order valence-corrected chi connectivity index (χ2v) is 7.83. The van der Waals surface area contributed by atoms with Crippen molar-refractivity contribution >= 4 is 46.1 Å². The molecule has 1 N–H and O–H groups in total. The maximum absolute atomic E-state index is 12.4. The summed E-state index contributed by atoms with van der Waals surface area (Å²) in [6.07, 6.45) is 1.63. The number of hydrogen-bond acceptors (Lipinski definition) is 4. The van der Waals surface area contributed by atoms with Gasteiger partial charge in [0, 0.05) is 15.5 Å². The highest BCUT2D eigenvalue weighted by Crippen LogP contribution is 2.26. The van der Waals surface area contributed by atoms with Gasteiger partial charge in [-0.3, -0.25) is 0 Å². The van der Waals surface area contributed by atoms with Crippen LogP contribution in [0, 0.1) is 0 Å². The van der Waals surface area contributed by atoms with Crippen LogP contribution in [0.5, 0.6) is 0 Å². The number of thiophene rings is 1.